The largest absolute Gasteiger partial charge is 0.457 e. The number of rotatable bonds is 8. The number of aryl methyl sites for hydroxylation is 1. The van der Waals surface area contributed by atoms with E-state index in [1.54, 1.807) is 24.5 Å². The first-order valence-electron chi connectivity index (χ1n) is 14.2. The third kappa shape index (κ3) is 10.7. The number of allylic oxidation sites excluding steroid dienone is 1. The van der Waals surface area contributed by atoms with Gasteiger partial charge in [-0.3, -0.25) is 0 Å². The van der Waals surface area contributed by atoms with E-state index in [2.05, 4.69) is 44.2 Å². The molecule has 1 saturated heterocycles. The molecule has 0 spiro atoms. The molecule has 224 valence electrons. The second-order valence-corrected chi connectivity index (χ2v) is 13.1. The minimum Gasteiger partial charge on any atom is -0.455 e. The van der Waals surface area contributed by atoms with Gasteiger partial charge in [-0.2, -0.15) is 0 Å². The molecule has 9 heteroatoms. The minimum absolute atomic E-state index is 0.216. The van der Waals surface area contributed by atoms with Gasteiger partial charge in [-0.25, -0.2) is 19.6 Å². The van der Waals surface area contributed by atoms with Crippen molar-refractivity contribution in [3.63, 3.8) is 0 Å². The van der Waals surface area contributed by atoms with Crippen LogP contribution in [0, 0.1) is 0 Å². The lowest BCUT2D eigenvalue weighted by molar-refractivity contribution is 0.00491. The van der Waals surface area contributed by atoms with Crippen molar-refractivity contribution in [3.8, 4) is 0 Å². The summed E-state index contributed by atoms with van der Waals surface area (Å²) in [5.74, 6) is -0.760. The van der Waals surface area contributed by atoms with Crippen LogP contribution in [0.15, 0.2) is 49.3 Å². The van der Waals surface area contributed by atoms with E-state index in [0.717, 1.165) is 30.3 Å². The molecule has 2 aromatic rings. The van der Waals surface area contributed by atoms with Crippen LogP contribution in [0.4, 0.5) is 0 Å². The van der Waals surface area contributed by atoms with Crippen molar-refractivity contribution >= 4 is 19.1 Å². The van der Waals surface area contributed by atoms with Crippen LogP contribution in [0.25, 0.3) is 0 Å². The van der Waals surface area contributed by atoms with E-state index in [1.807, 2.05) is 59.7 Å². The normalized spacial score (nSPS) is 15.9. The Kier molecular flexibility index (Phi) is 11.5. The van der Waals surface area contributed by atoms with Crippen LogP contribution in [-0.4, -0.2) is 51.4 Å². The van der Waals surface area contributed by atoms with Crippen LogP contribution in [0.3, 0.4) is 0 Å². The summed E-state index contributed by atoms with van der Waals surface area (Å²) in [6.45, 7) is 22.9. The Morgan fingerprint density at radius 1 is 0.854 bits per heavy atom. The van der Waals surface area contributed by atoms with Gasteiger partial charge in [0, 0.05) is 12.4 Å². The molecular formula is C32H47BN2O6. The van der Waals surface area contributed by atoms with Gasteiger partial charge in [0.2, 0.25) is 0 Å². The standard InChI is InChI=1S/C19H30BNO4.C13H17NO2/c1-17(2,3)23-16(22)15-14(11-9-13-21-15)10-8-12-20-24-18(4,5)19(6,7)25-20;1-5-7-10-8-6-9-14-11(10)12(15)16-13(2,3)4/h9,11,13H,8,10,12H2,1-7H3;5-6,8-9H,1,7H2,2-4H3. The number of ether oxygens (including phenoxy) is 2. The summed E-state index contributed by atoms with van der Waals surface area (Å²) in [6, 6.07) is 7.43. The highest BCUT2D eigenvalue weighted by atomic mass is 16.7. The van der Waals surface area contributed by atoms with E-state index in [-0.39, 0.29) is 30.3 Å². The zero-order chi connectivity index (χ0) is 31.1. The molecule has 41 heavy (non-hydrogen) atoms. The number of carbonyl (C=O) groups excluding carboxylic acids is 2. The fraction of sp³-hybridized carbons (Fsp3) is 0.562. The van der Waals surface area contributed by atoms with E-state index in [1.165, 1.54) is 0 Å². The fourth-order valence-corrected chi connectivity index (χ4v) is 3.96. The van der Waals surface area contributed by atoms with Crippen molar-refractivity contribution in [1.82, 2.24) is 9.97 Å². The first kappa shape index (κ1) is 34.2. The van der Waals surface area contributed by atoms with Gasteiger partial charge in [-0.1, -0.05) is 24.6 Å². The van der Waals surface area contributed by atoms with Crippen molar-refractivity contribution in [2.75, 3.05) is 0 Å². The molecule has 0 unspecified atom stereocenters. The summed E-state index contributed by atoms with van der Waals surface area (Å²) < 4.78 is 22.8. The van der Waals surface area contributed by atoms with Crippen molar-refractivity contribution in [2.24, 2.45) is 0 Å². The molecule has 0 amide bonds. The van der Waals surface area contributed by atoms with Crippen molar-refractivity contribution in [1.29, 1.82) is 0 Å². The first-order chi connectivity index (χ1) is 18.9. The summed E-state index contributed by atoms with van der Waals surface area (Å²) in [5.41, 5.74) is 0.847. The Morgan fingerprint density at radius 3 is 1.73 bits per heavy atom. The number of hydrogen-bond acceptors (Lipinski definition) is 8. The SMILES string of the molecule is C=CCc1cccnc1C(=O)OC(C)(C)C.CC(C)(C)OC(=O)c1ncccc1CCCB1OC(C)(C)C(C)(C)O1. The Balaban J connectivity index is 0.000000317. The average molecular weight is 567 g/mol. The highest BCUT2D eigenvalue weighted by molar-refractivity contribution is 6.45. The average Bonchev–Trinajstić information content (AvgIpc) is 3.04. The summed E-state index contributed by atoms with van der Waals surface area (Å²) in [4.78, 5) is 32.5. The van der Waals surface area contributed by atoms with E-state index in [0.29, 0.717) is 17.8 Å². The molecule has 0 N–H and O–H groups in total. The van der Waals surface area contributed by atoms with E-state index in [9.17, 15) is 9.59 Å². The molecule has 1 aliphatic rings. The molecule has 0 atom stereocenters. The minimum atomic E-state index is -0.533. The molecule has 0 radical (unpaired) electrons. The van der Waals surface area contributed by atoms with Crippen LogP contribution >= 0.6 is 0 Å². The Morgan fingerprint density at radius 2 is 1.29 bits per heavy atom. The maximum atomic E-state index is 12.3. The molecule has 0 bridgehead atoms. The summed E-state index contributed by atoms with van der Waals surface area (Å²) in [5, 5.41) is 0. The van der Waals surface area contributed by atoms with Gasteiger partial charge >= 0.3 is 19.1 Å². The van der Waals surface area contributed by atoms with Gasteiger partial charge in [0.25, 0.3) is 0 Å². The van der Waals surface area contributed by atoms with Crippen LogP contribution in [0.5, 0.6) is 0 Å². The Hall–Kier alpha value is -3.04. The Labute approximate surface area is 246 Å². The van der Waals surface area contributed by atoms with Crippen LogP contribution in [0.1, 0.15) is 108 Å². The first-order valence-corrected chi connectivity index (χ1v) is 14.2. The number of esters is 2. The predicted octanol–water partition coefficient (Wildman–Crippen LogP) is 6.83. The number of pyridine rings is 2. The highest BCUT2D eigenvalue weighted by Crippen LogP contribution is 2.38. The van der Waals surface area contributed by atoms with Crippen LogP contribution in [0.2, 0.25) is 6.32 Å². The van der Waals surface area contributed by atoms with E-state index < -0.39 is 11.2 Å². The smallest absolute Gasteiger partial charge is 0.455 e. The lowest BCUT2D eigenvalue weighted by Gasteiger charge is -2.32. The van der Waals surface area contributed by atoms with Gasteiger partial charge in [-0.15, -0.1) is 6.58 Å². The van der Waals surface area contributed by atoms with Gasteiger partial charge in [0.1, 0.15) is 11.2 Å². The number of carbonyl (C=O) groups is 2. The zero-order valence-corrected chi connectivity index (χ0v) is 26.5. The molecule has 0 aliphatic carbocycles. The third-order valence-corrected chi connectivity index (χ3v) is 6.52. The number of nitrogens with zero attached hydrogens (tertiary/aromatic N) is 2. The summed E-state index contributed by atoms with van der Waals surface area (Å²) >= 11 is 0. The zero-order valence-electron chi connectivity index (χ0n) is 26.5. The predicted molar refractivity (Wildman–Crippen MR) is 162 cm³/mol. The maximum Gasteiger partial charge on any atom is 0.457 e. The molecular weight excluding hydrogens is 519 g/mol. The maximum absolute atomic E-state index is 12.3. The van der Waals surface area contributed by atoms with Gasteiger partial charge in [-0.05, 0) is 112 Å². The quantitative estimate of drug-likeness (QED) is 0.195. The molecule has 0 saturated carbocycles. The topological polar surface area (TPSA) is 96.8 Å². The second kappa shape index (κ2) is 13.8. The van der Waals surface area contributed by atoms with Crippen molar-refractivity contribution in [2.45, 2.75) is 117 Å². The Bertz CT molecular complexity index is 1180. The van der Waals surface area contributed by atoms with Crippen molar-refractivity contribution < 1.29 is 28.4 Å². The van der Waals surface area contributed by atoms with Gasteiger partial charge < -0.3 is 18.8 Å². The number of hydrogen-bond donors (Lipinski definition) is 0. The van der Waals surface area contributed by atoms with Crippen LogP contribution < -0.4 is 0 Å². The van der Waals surface area contributed by atoms with Crippen molar-refractivity contribution in [3.05, 3.63) is 71.8 Å². The molecule has 1 aliphatic heterocycles. The third-order valence-electron chi connectivity index (χ3n) is 6.52. The second-order valence-electron chi connectivity index (χ2n) is 13.1. The number of aromatic nitrogens is 2. The van der Waals surface area contributed by atoms with E-state index >= 15 is 0 Å². The molecule has 0 aromatic carbocycles. The molecule has 3 rings (SSSR count). The molecule has 1 fully saturated rings. The fourth-order valence-electron chi connectivity index (χ4n) is 3.96. The summed E-state index contributed by atoms with van der Waals surface area (Å²) in [7, 11) is -0.216. The monoisotopic (exact) mass is 566 g/mol. The molecule has 8 nitrogen and oxygen atoms in total. The van der Waals surface area contributed by atoms with Crippen LogP contribution in [-0.2, 0) is 31.6 Å². The van der Waals surface area contributed by atoms with Gasteiger partial charge in [0.15, 0.2) is 11.4 Å². The lowest BCUT2D eigenvalue weighted by Crippen LogP contribution is -2.41. The molecule has 2 aromatic heterocycles. The molecule has 3 heterocycles. The lowest BCUT2D eigenvalue weighted by atomic mass is 9.81. The highest BCUT2D eigenvalue weighted by Gasteiger charge is 2.50. The van der Waals surface area contributed by atoms with E-state index in [4.69, 9.17) is 18.8 Å². The summed E-state index contributed by atoms with van der Waals surface area (Å²) in [6.07, 6.45) is 7.91. The van der Waals surface area contributed by atoms with Gasteiger partial charge in [0.05, 0.1) is 11.2 Å².